The molecule has 0 saturated carbocycles. The minimum atomic E-state index is -0.202. The number of fused-ring (bicyclic) bond motifs is 1. The molecule has 2 aromatic rings. The van der Waals surface area contributed by atoms with Gasteiger partial charge in [0.1, 0.15) is 5.82 Å². The third-order valence-electron chi connectivity index (χ3n) is 4.61. The fourth-order valence-electron chi connectivity index (χ4n) is 3.12. The molecule has 5 nitrogen and oxygen atoms in total. The van der Waals surface area contributed by atoms with Crippen LogP contribution in [-0.4, -0.2) is 21.7 Å². The standard InChI is InChI=1S/C21H25N3O2/c1-21(2,3)20-22-12-17(13-23-20)24-19(26)10-9-18(25)16-8-7-14-5-4-6-15(14)11-16/h7-8,11-13H,4-6,9-10H2,1-3H3,(H,24,26). The van der Waals surface area contributed by atoms with E-state index in [9.17, 15) is 9.59 Å². The Morgan fingerprint density at radius 2 is 1.73 bits per heavy atom. The van der Waals surface area contributed by atoms with Gasteiger partial charge in [0.15, 0.2) is 5.78 Å². The molecule has 3 rings (SSSR count). The predicted octanol–water partition coefficient (Wildman–Crippen LogP) is 3.86. The van der Waals surface area contributed by atoms with Crippen LogP contribution in [0.15, 0.2) is 30.6 Å². The van der Waals surface area contributed by atoms with E-state index in [0.717, 1.165) is 25.1 Å². The number of benzene rings is 1. The zero-order chi connectivity index (χ0) is 18.7. The molecule has 1 aliphatic rings. The molecule has 1 N–H and O–H groups in total. The number of rotatable bonds is 5. The van der Waals surface area contributed by atoms with Gasteiger partial charge in [-0.2, -0.15) is 0 Å². The summed E-state index contributed by atoms with van der Waals surface area (Å²) in [6.07, 6.45) is 6.86. The maximum absolute atomic E-state index is 12.4. The van der Waals surface area contributed by atoms with Crippen LogP contribution in [0.25, 0.3) is 0 Å². The van der Waals surface area contributed by atoms with E-state index in [1.165, 1.54) is 11.1 Å². The molecule has 1 amide bonds. The number of nitrogens with one attached hydrogen (secondary N) is 1. The summed E-state index contributed by atoms with van der Waals surface area (Å²) in [6, 6.07) is 5.91. The van der Waals surface area contributed by atoms with Gasteiger partial charge in [-0.05, 0) is 36.5 Å². The van der Waals surface area contributed by atoms with E-state index in [-0.39, 0.29) is 29.9 Å². The zero-order valence-corrected chi connectivity index (χ0v) is 15.6. The Kier molecular flexibility index (Phi) is 5.16. The first-order chi connectivity index (χ1) is 12.3. The Hall–Kier alpha value is -2.56. The number of aryl methyl sites for hydroxylation is 2. The number of carbonyl (C=O) groups is 2. The van der Waals surface area contributed by atoms with Crippen LogP contribution in [0.1, 0.15) is 67.3 Å². The minimum absolute atomic E-state index is 0.00850. The van der Waals surface area contributed by atoms with Crippen molar-refractivity contribution in [3.8, 4) is 0 Å². The summed E-state index contributed by atoms with van der Waals surface area (Å²) >= 11 is 0. The molecule has 1 heterocycles. The van der Waals surface area contributed by atoms with Crippen molar-refractivity contribution in [2.45, 2.75) is 58.3 Å². The van der Waals surface area contributed by atoms with Crippen LogP contribution in [0.2, 0.25) is 0 Å². The molecule has 1 aliphatic carbocycles. The van der Waals surface area contributed by atoms with Gasteiger partial charge in [-0.1, -0.05) is 32.9 Å². The molecule has 0 atom stereocenters. The Balaban J connectivity index is 1.53. The highest BCUT2D eigenvalue weighted by Gasteiger charge is 2.17. The van der Waals surface area contributed by atoms with Gasteiger partial charge in [-0.3, -0.25) is 9.59 Å². The number of anilines is 1. The highest BCUT2D eigenvalue weighted by Crippen LogP contribution is 2.23. The first kappa shape index (κ1) is 18.2. The number of Topliss-reactive ketones (excluding diaryl/α,β-unsaturated/α-hetero) is 1. The summed E-state index contributed by atoms with van der Waals surface area (Å²) < 4.78 is 0. The molecular weight excluding hydrogens is 326 g/mol. The molecule has 0 spiro atoms. The summed E-state index contributed by atoms with van der Waals surface area (Å²) in [5.41, 5.74) is 3.74. The molecule has 26 heavy (non-hydrogen) atoms. The maximum atomic E-state index is 12.4. The molecule has 0 fully saturated rings. The van der Waals surface area contributed by atoms with E-state index in [1.54, 1.807) is 12.4 Å². The zero-order valence-electron chi connectivity index (χ0n) is 15.6. The molecule has 1 aromatic heterocycles. The Bertz CT molecular complexity index is 820. The highest BCUT2D eigenvalue weighted by molar-refractivity contribution is 6.00. The monoisotopic (exact) mass is 351 g/mol. The van der Waals surface area contributed by atoms with Crippen molar-refractivity contribution in [1.82, 2.24) is 9.97 Å². The number of hydrogen-bond donors (Lipinski definition) is 1. The van der Waals surface area contributed by atoms with Gasteiger partial charge in [-0.15, -0.1) is 0 Å². The Morgan fingerprint density at radius 1 is 1.04 bits per heavy atom. The quantitative estimate of drug-likeness (QED) is 0.830. The first-order valence-electron chi connectivity index (χ1n) is 9.10. The average molecular weight is 351 g/mol. The predicted molar refractivity (Wildman–Crippen MR) is 101 cm³/mol. The summed E-state index contributed by atoms with van der Waals surface area (Å²) in [6.45, 7) is 6.10. The smallest absolute Gasteiger partial charge is 0.224 e. The van der Waals surface area contributed by atoms with Gasteiger partial charge in [0.05, 0.1) is 18.1 Å². The third-order valence-corrected chi connectivity index (χ3v) is 4.61. The maximum Gasteiger partial charge on any atom is 0.224 e. The molecule has 0 unspecified atom stereocenters. The SMILES string of the molecule is CC(C)(C)c1ncc(NC(=O)CCC(=O)c2ccc3c(c2)CCC3)cn1. The lowest BCUT2D eigenvalue weighted by Gasteiger charge is -2.16. The number of carbonyl (C=O) groups excluding carboxylic acids is 2. The number of hydrogen-bond acceptors (Lipinski definition) is 4. The van der Waals surface area contributed by atoms with E-state index in [1.807, 2.05) is 39.0 Å². The number of ketones is 1. The van der Waals surface area contributed by atoms with Crippen molar-refractivity contribution in [2.24, 2.45) is 0 Å². The van der Waals surface area contributed by atoms with Crippen molar-refractivity contribution in [1.29, 1.82) is 0 Å². The van der Waals surface area contributed by atoms with E-state index < -0.39 is 0 Å². The molecular formula is C21H25N3O2. The molecule has 1 aromatic carbocycles. The second-order valence-electron chi connectivity index (χ2n) is 7.85. The van der Waals surface area contributed by atoms with Crippen molar-refractivity contribution in [2.75, 3.05) is 5.32 Å². The lowest BCUT2D eigenvalue weighted by atomic mass is 9.96. The number of nitrogens with zero attached hydrogens (tertiary/aromatic N) is 2. The van der Waals surface area contributed by atoms with Crippen molar-refractivity contribution in [3.05, 3.63) is 53.1 Å². The van der Waals surface area contributed by atoms with Crippen molar-refractivity contribution < 1.29 is 9.59 Å². The molecule has 0 bridgehead atoms. The Morgan fingerprint density at radius 3 is 2.42 bits per heavy atom. The largest absolute Gasteiger partial charge is 0.323 e. The van der Waals surface area contributed by atoms with Crippen LogP contribution in [0.4, 0.5) is 5.69 Å². The first-order valence-corrected chi connectivity index (χ1v) is 9.10. The summed E-state index contributed by atoms with van der Waals surface area (Å²) in [5, 5.41) is 2.75. The van der Waals surface area contributed by atoms with E-state index in [4.69, 9.17) is 0 Å². The summed E-state index contributed by atoms with van der Waals surface area (Å²) in [4.78, 5) is 33.0. The fourth-order valence-corrected chi connectivity index (χ4v) is 3.12. The van der Waals surface area contributed by atoms with Gasteiger partial charge in [-0.25, -0.2) is 9.97 Å². The van der Waals surface area contributed by atoms with Gasteiger partial charge in [0.2, 0.25) is 5.91 Å². The number of amides is 1. The lowest BCUT2D eigenvalue weighted by Crippen LogP contribution is -2.17. The van der Waals surface area contributed by atoms with Crippen LogP contribution < -0.4 is 5.32 Å². The van der Waals surface area contributed by atoms with E-state index >= 15 is 0 Å². The lowest BCUT2D eigenvalue weighted by molar-refractivity contribution is -0.116. The average Bonchev–Trinajstić information content (AvgIpc) is 3.07. The van der Waals surface area contributed by atoms with Gasteiger partial charge in [0.25, 0.3) is 0 Å². The Labute approximate surface area is 154 Å². The van der Waals surface area contributed by atoms with Crippen molar-refractivity contribution in [3.63, 3.8) is 0 Å². The normalized spacial score (nSPS) is 13.3. The fraction of sp³-hybridized carbons (Fsp3) is 0.429. The molecule has 0 radical (unpaired) electrons. The van der Waals surface area contributed by atoms with Gasteiger partial charge >= 0.3 is 0 Å². The summed E-state index contributed by atoms with van der Waals surface area (Å²) in [7, 11) is 0. The number of aromatic nitrogens is 2. The van der Waals surface area contributed by atoms with Gasteiger partial charge in [0, 0.05) is 23.8 Å². The van der Waals surface area contributed by atoms with Crippen LogP contribution in [0, 0.1) is 0 Å². The third kappa shape index (κ3) is 4.34. The minimum Gasteiger partial charge on any atom is -0.323 e. The highest BCUT2D eigenvalue weighted by atomic mass is 16.2. The topological polar surface area (TPSA) is 72.0 Å². The van der Waals surface area contributed by atoms with Crippen LogP contribution in [0.5, 0.6) is 0 Å². The van der Waals surface area contributed by atoms with Crippen LogP contribution in [0.3, 0.4) is 0 Å². The van der Waals surface area contributed by atoms with E-state index in [2.05, 4.69) is 15.3 Å². The van der Waals surface area contributed by atoms with Crippen molar-refractivity contribution >= 4 is 17.4 Å². The molecule has 0 saturated heterocycles. The van der Waals surface area contributed by atoms with Crippen LogP contribution >= 0.6 is 0 Å². The second kappa shape index (κ2) is 7.36. The van der Waals surface area contributed by atoms with Crippen LogP contribution in [-0.2, 0) is 23.1 Å². The van der Waals surface area contributed by atoms with E-state index in [0.29, 0.717) is 11.3 Å². The molecule has 0 aliphatic heterocycles. The molecule has 5 heteroatoms. The second-order valence-corrected chi connectivity index (χ2v) is 7.85. The molecule has 136 valence electrons. The van der Waals surface area contributed by atoms with Gasteiger partial charge < -0.3 is 5.32 Å². The summed E-state index contributed by atoms with van der Waals surface area (Å²) in [5.74, 6) is 0.531.